The third kappa shape index (κ3) is 1.35. The molecule has 94 valence electrons. The van der Waals surface area contributed by atoms with E-state index in [1.165, 1.54) is 0 Å². The topological polar surface area (TPSA) is 86.7 Å². The molecular formula is C12H10O6. The number of carbonyl (C=O) groups excluding carboxylic acids is 4. The Morgan fingerprint density at radius 1 is 1.28 bits per heavy atom. The summed E-state index contributed by atoms with van der Waals surface area (Å²) in [4.78, 5) is 45.0. The molecule has 2 fully saturated rings. The van der Waals surface area contributed by atoms with E-state index in [0.29, 0.717) is 6.42 Å². The molecule has 3 aliphatic carbocycles. The van der Waals surface area contributed by atoms with Crippen LogP contribution in [0.25, 0.3) is 0 Å². The fourth-order valence-corrected chi connectivity index (χ4v) is 3.32. The summed E-state index contributed by atoms with van der Waals surface area (Å²) in [5, 5.41) is 0. The average Bonchev–Trinajstić information content (AvgIpc) is 2.68. The van der Waals surface area contributed by atoms with Crippen molar-refractivity contribution in [2.75, 3.05) is 0 Å². The van der Waals surface area contributed by atoms with Gasteiger partial charge in [0.05, 0.1) is 17.8 Å². The average molecular weight is 250 g/mol. The van der Waals surface area contributed by atoms with Crippen molar-refractivity contribution in [1.82, 2.24) is 0 Å². The first-order valence-electron chi connectivity index (χ1n) is 5.71. The zero-order valence-corrected chi connectivity index (χ0v) is 9.28. The van der Waals surface area contributed by atoms with E-state index in [1.54, 1.807) is 6.08 Å². The number of carbonyl (C=O) groups is 4. The Hall–Kier alpha value is -1.98. The second kappa shape index (κ2) is 3.76. The largest absolute Gasteiger partial charge is 0.395 e. The zero-order chi connectivity index (χ0) is 12.9. The molecular weight excluding hydrogens is 240 g/mol. The van der Waals surface area contributed by atoms with Gasteiger partial charge in [0.1, 0.15) is 0 Å². The summed E-state index contributed by atoms with van der Waals surface area (Å²) in [6.07, 6.45) is 4.01. The molecule has 18 heavy (non-hydrogen) atoms. The minimum atomic E-state index is -0.644. The highest BCUT2D eigenvalue weighted by Crippen LogP contribution is 2.51. The van der Waals surface area contributed by atoms with Crippen LogP contribution in [0.2, 0.25) is 0 Å². The molecule has 1 saturated carbocycles. The van der Waals surface area contributed by atoms with E-state index in [2.05, 4.69) is 9.47 Å². The molecule has 0 aromatic rings. The third-order valence-electron chi connectivity index (χ3n) is 4.05. The van der Waals surface area contributed by atoms with Crippen LogP contribution >= 0.6 is 0 Å². The van der Waals surface area contributed by atoms with Crippen LogP contribution in [0.1, 0.15) is 6.42 Å². The van der Waals surface area contributed by atoms with E-state index in [-0.39, 0.29) is 12.4 Å². The van der Waals surface area contributed by atoms with Crippen LogP contribution < -0.4 is 0 Å². The Balaban J connectivity index is 1.92. The SMILES string of the molecule is O=COC(=O)C1CC2C=CC1C1C(=O)OC(=O)C21. The summed E-state index contributed by atoms with van der Waals surface area (Å²) in [5.74, 6) is -3.97. The molecule has 4 rings (SSSR count). The Morgan fingerprint density at radius 2 is 2.00 bits per heavy atom. The van der Waals surface area contributed by atoms with Crippen molar-refractivity contribution in [1.29, 1.82) is 0 Å². The molecule has 1 heterocycles. The number of ether oxygens (including phenoxy) is 2. The predicted molar refractivity (Wildman–Crippen MR) is 54.5 cm³/mol. The molecule has 0 aromatic carbocycles. The summed E-state index contributed by atoms with van der Waals surface area (Å²) in [6.45, 7) is 0.0872. The van der Waals surface area contributed by atoms with Crippen LogP contribution in [0.4, 0.5) is 0 Å². The lowest BCUT2D eigenvalue weighted by atomic mass is 9.58. The van der Waals surface area contributed by atoms with E-state index < -0.39 is 41.6 Å². The first-order chi connectivity index (χ1) is 8.63. The summed E-state index contributed by atoms with van der Waals surface area (Å²) in [6, 6.07) is 0. The van der Waals surface area contributed by atoms with Gasteiger partial charge in [-0.15, -0.1) is 0 Å². The Kier molecular flexibility index (Phi) is 2.33. The highest BCUT2D eigenvalue weighted by atomic mass is 16.6. The van der Waals surface area contributed by atoms with Gasteiger partial charge in [-0.1, -0.05) is 12.2 Å². The molecule has 6 nitrogen and oxygen atoms in total. The first-order valence-corrected chi connectivity index (χ1v) is 5.71. The number of fused-ring (bicyclic) bond motifs is 1. The van der Waals surface area contributed by atoms with Crippen molar-refractivity contribution < 1.29 is 28.7 Å². The maximum atomic E-state index is 11.6. The van der Waals surface area contributed by atoms with Crippen LogP contribution in [0, 0.1) is 29.6 Å². The lowest BCUT2D eigenvalue weighted by molar-refractivity contribution is -0.159. The van der Waals surface area contributed by atoms with E-state index in [0.717, 1.165) is 0 Å². The van der Waals surface area contributed by atoms with Gasteiger partial charge < -0.3 is 9.47 Å². The highest BCUT2D eigenvalue weighted by Gasteiger charge is 2.59. The molecule has 0 spiro atoms. The first kappa shape index (κ1) is 11.1. The van der Waals surface area contributed by atoms with Gasteiger partial charge >= 0.3 is 24.4 Å². The second-order valence-corrected chi connectivity index (χ2v) is 4.79. The van der Waals surface area contributed by atoms with Crippen molar-refractivity contribution in [2.45, 2.75) is 6.42 Å². The number of cyclic esters (lactones) is 2. The highest BCUT2D eigenvalue weighted by molar-refractivity contribution is 5.98. The van der Waals surface area contributed by atoms with Crippen LogP contribution in [0.15, 0.2) is 12.2 Å². The monoisotopic (exact) mass is 250 g/mol. The van der Waals surface area contributed by atoms with Gasteiger partial charge in [-0.2, -0.15) is 0 Å². The van der Waals surface area contributed by atoms with Gasteiger partial charge in [-0.3, -0.25) is 19.2 Å². The number of allylic oxidation sites excluding steroid dienone is 2. The minimum absolute atomic E-state index is 0.0872. The van der Waals surface area contributed by atoms with Crippen LogP contribution in [0.5, 0.6) is 0 Å². The van der Waals surface area contributed by atoms with Gasteiger partial charge in [0, 0.05) is 5.92 Å². The smallest absolute Gasteiger partial charge is 0.318 e. The second-order valence-electron chi connectivity index (χ2n) is 4.79. The van der Waals surface area contributed by atoms with Crippen LogP contribution in [-0.2, 0) is 28.7 Å². The van der Waals surface area contributed by atoms with Gasteiger partial charge in [0.25, 0.3) is 0 Å². The minimum Gasteiger partial charge on any atom is -0.395 e. The summed E-state index contributed by atoms with van der Waals surface area (Å²) < 4.78 is 8.99. The number of rotatable bonds is 2. The third-order valence-corrected chi connectivity index (χ3v) is 4.05. The normalized spacial score (nSPS) is 40.3. The zero-order valence-electron chi connectivity index (χ0n) is 9.28. The van der Waals surface area contributed by atoms with Crippen molar-refractivity contribution >= 4 is 24.4 Å². The number of hydrogen-bond donors (Lipinski definition) is 0. The maximum absolute atomic E-state index is 11.6. The molecule has 5 atom stereocenters. The molecule has 0 amide bonds. The van der Waals surface area contributed by atoms with Crippen molar-refractivity contribution in [3.8, 4) is 0 Å². The van der Waals surface area contributed by atoms with Crippen LogP contribution in [0.3, 0.4) is 0 Å². The molecule has 4 aliphatic rings. The molecule has 0 aromatic heterocycles. The quantitative estimate of drug-likeness (QED) is 0.292. The Bertz CT molecular complexity index is 479. The van der Waals surface area contributed by atoms with Crippen molar-refractivity contribution in [3.63, 3.8) is 0 Å². The summed E-state index contributed by atoms with van der Waals surface area (Å²) >= 11 is 0. The summed E-state index contributed by atoms with van der Waals surface area (Å²) in [7, 11) is 0. The maximum Gasteiger partial charge on any atom is 0.318 e. The van der Waals surface area contributed by atoms with E-state index in [4.69, 9.17) is 0 Å². The van der Waals surface area contributed by atoms with Gasteiger partial charge in [-0.05, 0) is 12.3 Å². The van der Waals surface area contributed by atoms with Crippen LogP contribution in [-0.4, -0.2) is 24.4 Å². The van der Waals surface area contributed by atoms with Gasteiger partial charge in [0.15, 0.2) is 0 Å². The van der Waals surface area contributed by atoms with Gasteiger partial charge in [0.2, 0.25) is 0 Å². The molecule has 0 N–H and O–H groups in total. The fraction of sp³-hybridized carbons (Fsp3) is 0.500. The van der Waals surface area contributed by atoms with Crippen molar-refractivity contribution in [2.24, 2.45) is 29.6 Å². The molecule has 0 radical (unpaired) electrons. The van der Waals surface area contributed by atoms with E-state index in [1.807, 2.05) is 6.08 Å². The Morgan fingerprint density at radius 3 is 2.72 bits per heavy atom. The molecule has 1 aliphatic heterocycles. The molecule has 6 heteroatoms. The predicted octanol–water partition coefficient (Wildman–Crippen LogP) is -0.176. The molecule has 2 bridgehead atoms. The lowest BCUT2D eigenvalue weighted by Gasteiger charge is -2.41. The van der Waals surface area contributed by atoms with Crippen molar-refractivity contribution in [3.05, 3.63) is 12.2 Å². The Labute approximate surface area is 102 Å². The van der Waals surface area contributed by atoms with E-state index >= 15 is 0 Å². The van der Waals surface area contributed by atoms with Gasteiger partial charge in [-0.25, -0.2) is 0 Å². The molecule has 5 unspecified atom stereocenters. The summed E-state index contributed by atoms with van der Waals surface area (Å²) in [5.41, 5.74) is 0. The van der Waals surface area contributed by atoms with E-state index in [9.17, 15) is 19.2 Å². The number of esters is 3. The lowest BCUT2D eigenvalue weighted by Crippen LogP contribution is -2.46. The number of hydrogen-bond acceptors (Lipinski definition) is 6. The fourth-order valence-electron chi connectivity index (χ4n) is 3.32. The molecule has 1 saturated heterocycles. The standard InChI is InChI=1S/C12H10O6/c13-4-17-10(14)7-3-5-1-2-6(7)9-8(5)11(15)18-12(9)16/h1-2,4-9H,3H2.